The van der Waals surface area contributed by atoms with Gasteiger partial charge in [0.1, 0.15) is 12.6 Å². The van der Waals surface area contributed by atoms with E-state index in [4.69, 9.17) is 4.74 Å². The molecule has 1 aliphatic carbocycles. The second-order valence-electron chi connectivity index (χ2n) is 8.05. The van der Waals surface area contributed by atoms with Crippen molar-refractivity contribution in [2.75, 3.05) is 26.2 Å². The Morgan fingerprint density at radius 1 is 1.00 bits per heavy atom. The largest absolute Gasteiger partial charge is 0.480 e. The summed E-state index contributed by atoms with van der Waals surface area (Å²) in [4.78, 5) is 26.2. The third kappa shape index (κ3) is 4.49. The van der Waals surface area contributed by atoms with Gasteiger partial charge in [0.15, 0.2) is 0 Å². The number of rotatable bonds is 7. The number of nitrogens with zero attached hydrogens (tertiary/aromatic N) is 1. The van der Waals surface area contributed by atoms with Crippen molar-refractivity contribution >= 4 is 12.1 Å². The minimum Gasteiger partial charge on any atom is -0.480 e. The average molecular weight is 408 g/mol. The number of hydrogen-bond acceptors (Lipinski definition) is 4. The number of carboxylic acids is 1. The molecular formula is C24H28N2O4. The number of hydrogen-bond donors (Lipinski definition) is 2. The second-order valence-corrected chi connectivity index (χ2v) is 8.05. The van der Waals surface area contributed by atoms with Crippen LogP contribution in [0.3, 0.4) is 0 Å². The van der Waals surface area contributed by atoms with Crippen LogP contribution < -0.4 is 5.32 Å². The summed E-state index contributed by atoms with van der Waals surface area (Å²) in [5.41, 5.74) is 4.58. The summed E-state index contributed by atoms with van der Waals surface area (Å²) >= 11 is 0. The highest BCUT2D eigenvalue weighted by Crippen LogP contribution is 2.44. The molecule has 2 N–H and O–H groups in total. The molecule has 0 unspecified atom stereocenters. The first-order chi connectivity index (χ1) is 14.6. The van der Waals surface area contributed by atoms with Crippen LogP contribution in [0.1, 0.15) is 42.7 Å². The first kappa shape index (κ1) is 20.4. The maximum Gasteiger partial charge on any atom is 0.407 e. The third-order valence-electron chi connectivity index (χ3n) is 6.12. The van der Waals surface area contributed by atoms with E-state index in [2.05, 4.69) is 34.5 Å². The van der Waals surface area contributed by atoms with Crippen LogP contribution in [-0.4, -0.2) is 54.4 Å². The first-order valence-electron chi connectivity index (χ1n) is 10.7. The average Bonchev–Trinajstić information content (AvgIpc) is 3.09. The van der Waals surface area contributed by atoms with Gasteiger partial charge in [-0.05, 0) is 54.6 Å². The number of nitrogens with one attached hydrogen (secondary N) is 1. The summed E-state index contributed by atoms with van der Waals surface area (Å²) in [7, 11) is 0. The lowest BCUT2D eigenvalue weighted by Gasteiger charge is -2.27. The van der Waals surface area contributed by atoms with Gasteiger partial charge >= 0.3 is 12.1 Å². The molecule has 1 saturated heterocycles. The maximum absolute atomic E-state index is 12.4. The minimum absolute atomic E-state index is 0.0419. The molecule has 1 heterocycles. The van der Waals surface area contributed by atoms with E-state index in [0.717, 1.165) is 48.2 Å². The Morgan fingerprint density at radius 2 is 1.60 bits per heavy atom. The Balaban J connectivity index is 1.35. The zero-order valence-corrected chi connectivity index (χ0v) is 17.0. The van der Waals surface area contributed by atoms with E-state index < -0.39 is 18.1 Å². The number of piperidine rings is 1. The molecule has 6 nitrogen and oxygen atoms in total. The van der Waals surface area contributed by atoms with Gasteiger partial charge in [-0.2, -0.15) is 0 Å². The van der Waals surface area contributed by atoms with E-state index in [1.807, 2.05) is 24.3 Å². The maximum atomic E-state index is 12.4. The van der Waals surface area contributed by atoms with Crippen molar-refractivity contribution in [3.05, 3.63) is 59.7 Å². The van der Waals surface area contributed by atoms with Crippen LogP contribution in [0.4, 0.5) is 4.79 Å². The van der Waals surface area contributed by atoms with Gasteiger partial charge in [0.2, 0.25) is 0 Å². The number of benzene rings is 2. The molecule has 0 bridgehead atoms. The normalized spacial score (nSPS) is 17.1. The molecular weight excluding hydrogens is 380 g/mol. The Bertz CT molecular complexity index is 862. The topological polar surface area (TPSA) is 78.9 Å². The number of amides is 1. The quantitative estimate of drug-likeness (QED) is 0.727. The molecule has 6 heteroatoms. The van der Waals surface area contributed by atoms with Gasteiger partial charge in [0, 0.05) is 12.5 Å². The van der Waals surface area contributed by atoms with E-state index in [-0.39, 0.29) is 12.5 Å². The van der Waals surface area contributed by atoms with E-state index in [9.17, 15) is 14.7 Å². The van der Waals surface area contributed by atoms with Crippen LogP contribution in [0.15, 0.2) is 48.5 Å². The Labute approximate surface area is 176 Å². The lowest BCUT2D eigenvalue weighted by Crippen LogP contribution is -2.44. The molecule has 0 spiro atoms. The summed E-state index contributed by atoms with van der Waals surface area (Å²) in [5.74, 6) is -1.07. The van der Waals surface area contributed by atoms with Crippen LogP contribution in [-0.2, 0) is 9.53 Å². The fraction of sp³-hybridized carbons (Fsp3) is 0.417. The molecule has 0 radical (unpaired) electrons. The number of fused-ring (bicyclic) bond motifs is 3. The summed E-state index contributed by atoms with van der Waals surface area (Å²) in [6.45, 7) is 2.84. The Morgan fingerprint density at radius 3 is 2.20 bits per heavy atom. The minimum atomic E-state index is -1.03. The van der Waals surface area contributed by atoms with Gasteiger partial charge in [-0.15, -0.1) is 0 Å². The first-order valence-corrected chi connectivity index (χ1v) is 10.7. The fourth-order valence-corrected chi connectivity index (χ4v) is 4.53. The Kier molecular flexibility index (Phi) is 6.33. The molecule has 2 aliphatic rings. The van der Waals surface area contributed by atoms with Crippen molar-refractivity contribution < 1.29 is 19.4 Å². The molecule has 1 fully saturated rings. The van der Waals surface area contributed by atoms with Gasteiger partial charge in [-0.1, -0.05) is 55.0 Å². The highest BCUT2D eigenvalue weighted by Gasteiger charge is 2.29. The number of carbonyl (C=O) groups is 2. The number of carboxylic acid groups (broad SMARTS) is 1. The number of likely N-dealkylation sites (tertiary alicyclic amines) is 1. The zero-order chi connectivity index (χ0) is 20.9. The summed E-state index contributed by atoms with van der Waals surface area (Å²) in [6.07, 6.45) is 3.23. The van der Waals surface area contributed by atoms with Crippen LogP contribution in [0.2, 0.25) is 0 Å². The smallest absolute Gasteiger partial charge is 0.407 e. The second kappa shape index (κ2) is 9.30. The van der Waals surface area contributed by atoms with Crippen LogP contribution in [0, 0.1) is 0 Å². The van der Waals surface area contributed by atoms with Crippen molar-refractivity contribution in [3.8, 4) is 11.1 Å². The van der Waals surface area contributed by atoms with Crippen molar-refractivity contribution in [3.63, 3.8) is 0 Å². The number of carbonyl (C=O) groups excluding carboxylic acids is 1. The van der Waals surface area contributed by atoms with Crippen molar-refractivity contribution in [1.82, 2.24) is 10.2 Å². The monoisotopic (exact) mass is 408 g/mol. The molecule has 1 aliphatic heterocycles. The summed E-state index contributed by atoms with van der Waals surface area (Å²) < 4.78 is 5.49. The van der Waals surface area contributed by atoms with E-state index in [1.165, 1.54) is 6.42 Å². The molecule has 2 aromatic carbocycles. The molecule has 1 amide bonds. The van der Waals surface area contributed by atoms with Crippen LogP contribution in [0.25, 0.3) is 11.1 Å². The van der Waals surface area contributed by atoms with Crippen LogP contribution in [0.5, 0.6) is 0 Å². The van der Waals surface area contributed by atoms with Gasteiger partial charge in [0.25, 0.3) is 0 Å². The van der Waals surface area contributed by atoms with Crippen molar-refractivity contribution in [2.24, 2.45) is 0 Å². The fourth-order valence-electron chi connectivity index (χ4n) is 4.53. The number of alkyl carbamates (subject to hydrolysis) is 1. The van der Waals surface area contributed by atoms with Gasteiger partial charge in [-0.3, -0.25) is 0 Å². The molecule has 0 aromatic heterocycles. The van der Waals surface area contributed by atoms with Gasteiger partial charge < -0.3 is 20.1 Å². The third-order valence-corrected chi connectivity index (χ3v) is 6.12. The molecule has 30 heavy (non-hydrogen) atoms. The highest BCUT2D eigenvalue weighted by atomic mass is 16.5. The van der Waals surface area contributed by atoms with E-state index in [0.29, 0.717) is 13.0 Å². The van der Waals surface area contributed by atoms with Crippen molar-refractivity contribution in [1.29, 1.82) is 0 Å². The molecule has 4 rings (SSSR count). The number of ether oxygens (including phenoxy) is 1. The number of aliphatic carboxylic acids is 1. The van der Waals surface area contributed by atoms with E-state index >= 15 is 0 Å². The SMILES string of the molecule is O=C(N[C@@H](CCN1CCCCC1)C(=O)O)OCC1c2ccccc2-c2ccccc21. The summed E-state index contributed by atoms with van der Waals surface area (Å²) in [6, 6.07) is 15.3. The lowest BCUT2D eigenvalue weighted by molar-refractivity contribution is -0.139. The molecule has 0 saturated carbocycles. The van der Waals surface area contributed by atoms with Crippen LogP contribution >= 0.6 is 0 Å². The van der Waals surface area contributed by atoms with Crippen molar-refractivity contribution in [2.45, 2.75) is 37.6 Å². The molecule has 1 atom stereocenters. The molecule has 2 aromatic rings. The standard InChI is InChI=1S/C24H28N2O4/c27-23(28)22(12-15-26-13-6-1-7-14-26)25-24(29)30-16-21-19-10-4-2-8-17(19)18-9-3-5-11-20(18)21/h2-5,8-11,21-22H,1,6-7,12-16H2,(H,25,29)(H,27,28)/t22-/m0/s1. The van der Waals surface area contributed by atoms with E-state index in [1.54, 1.807) is 0 Å². The highest BCUT2D eigenvalue weighted by molar-refractivity contribution is 5.81. The lowest BCUT2D eigenvalue weighted by atomic mass is 9.98. The zero-order valence-electron chi connectivity index (χ0n) is 17.0. The summed E-state index contributed by atoms with van der Waals surface area (Å²) in [5, 5.41) is 12.0. The van der Waals surface area contributed by atoms with Gasteiger partial charge in [0.05, 0.1) is 0 Å². The predicted molar refractivity (Wildman–Crippen MR) is 115 cm³/mol. The molecule has 158 valence electrons. The Hall–Kier alpha value is -2.86. The van der Waals surface area contributed by atoms with Gasteiger partial charge in [-0.25, -0.2) is 9.59 Å². The predicted octanol–water partition coefficient (Wildman–Crippen LogP) is 3.85.